The highest BCUT2D eigenvalue weighted by Gasteiger charge is 2.09. The molecule has 0 aliphatic rings. The van der Waals surface area contributed by atoms with Crippen LogP contribution in [-0.4, -0.2) is 37.5 Å². The number of ether oxygens (including phenoxy) is 2. The molecule has 0 aliphatic carbocycles. The Hall–Kier alpha value is -3.03. The monoisotopic (exact) mass is 384 g/mol. The average molecular weight is 384 g/mol. The van der Waals surface area contributed by atoms with Crippen LogP contribution in [0.2, 0.25) is 0 Å². The molecular formula is C21H24N2O5. The Labute approximate surface area is 163 Å². The van der Waals surface area contributed by atoms with Gasteiger partial charge in [-0.1, -0.05) is 30.3 Å². The third-order valence-electron chi connectivity index (χ3n) is 4.14. The fourth-order valence-electron chi connectivity index (χ4n) is 2.66. The largest absolute Gasteiger partial charge is 0.497 e. The molecule has 7 nitrogen and oxygen atoms in total. The van der Waals surface area contributed by atoms with E-state index in [1.165, 1.54) is 0 Å². The summed E-state index contributed by atoms with van der Waals surface area (Å²) >= 11 is 0. The Bertz CT molecular complexity index is 858. The van der Waals surface area contributed by atoms with Gasteiger partial charge >= 0.3 is 6.03 Å². The Kier molecular flexibility index (Phi) is 6.89. The average Bonchev–Trinajstić information content (AvgIpc) is 3.14. The number of carbonyl (C=O) groups is 1. The van der Waals surface area contributed by atoms with Gasteiger partial charge in [0.05, 0.1) is 33.0 Å². The maximum atomic E-state index is 11.9. The molecular weight excluding hydrogens is 360 g/mol. The summed E-state index contributed by atoms with van der Waals surface area (Å²) in [5, 5.41) is 16.2. The Morgan fingerprint density at radius 1 is 1.14 bits per heavy atom. The van der Waals surface area contributed by atoms with Crippen LogP contribution in [0.4, 0.5) is 4.79 Å². The van der Waals surface area contributed by atoms with Crippen LogP contribution in [-0.2, 0) is 17.9 Å². The molecule has 0 aliphatic heterocycles. The predicted molar refractivity (Wildman–Crippen MR) is 105 cm³/mol. The number of methoxy groups -OCH3 is 1. The second-order valence-corrected chi connectivity index (χ2v) is 6.33. The SMILES string of the molecule is COc1ccc(COCC(O)CNC(=O)NCc2cc3ccccc3o2)cc1. The number of furan rings is 1. The summed E-state index contributed by atoms with van der Waals surface area (Å²) in [6.45, 7) is 0.855. The van der Waals surface area contributed by atoms with Crippen molar-refractivity contribution in [3.8, 4) is 5.75 Å². The van der Waals surface area contributed by atoms with Gasteiger partial charge in [0, 0.05) is 11.9 Å². The molecule has 3 rings (SSSR count). The molecule has 2 amide bonds. The van der Waals surface area contributed by atoms with E-state index in [1.54, 1.807) is 7.11 Å². The minimum atomic E-state index is -0.796. The van der Waals surface area contributed by atoms with Crippen molar-refractivity contribution in [3.05, 3.63) is 65.9 Å². The van der Waals surface area contributed by atoms with Crippen LogP contribution >= 0.6 is 0 Å². The van der Waals surface area contributed by atoms with Crippen molar-refractivity contribution in [2.24, 2.45) is 0 Å². The lowest BCUT2D eigenvalue weighted by atomic mass is 10.2. The number of aliphatic hydroxyl groups is 1. The zero-order chi connectivity index (χ0) is 19.8. The molecule has 0 fully saturated rings. The molecule has 1 atom stereocenters. The van der Waals surface area contributed by atoms with E-state index in [2.05, 4.69) is 10.6 Å². The van der Waals surface area contributed by atoms with E-state index in [1.807, 2.05) is 54.6 Å². The van der Waals surface area contributed by atoms with Crippen molar-refractivity contribution in [3.63, 3.8) is 0 Å². The van der Waals surface area contributed by atoms with Gasteiger partial charge in [-0.3, -0.25) is 0 Å². The number of carbonyl (C=O) groups excluding carboxylic acids is 1. The van der Waals surface area contributed by atoms with Gasteiger partial charge < -0.3 is 29.6 Å². The lowest BCUT2D eigenvalue weighted by Gasteiger charge is -2.13. The third-order valence-corrected chi connectivity index (χ3v) is 4.14. The highest BCUT2D eigenvalue weighted by molar-refractivity contribution is 5.78. The van der Waals surface area contributed by atoms with Gasteiger partial charge in [-0.25, -0.2) is 4.79 Å². The number of benzene rings is 2. The van der Waals surface area contributed by atoms with E-state index < -0.39 is 6.10 Å². The highest BCUT2D eigenvalue weighted by atomic mass is 16.5. The number of rotatable bonds is 9. The van der Waals surface area contributed by atoms with Crippen LogP contribution < -0.4 is 15.4 Å². The van der Waals surface area contributed by atoms with E-state index >= 15 is 0 Å². The summed E-state index contributed by atoms with van der Waals surface area (Å²) in [6, 6.07) is 16.7. The van der Waals surface area contributed by atoms with Gasteiger partial charge in [0.1, 0.15) is 17.1 Å². The molecule has 1 heterocycles. The Morgan fingerprint density at radius 2 is 1.93 bits per heavy atom. The fraction of sp³-hybridized carbons (Fsp3) is 0.286. The molecule has 3 N–H and O–H groups in total. The number of nitrogens with one attached hydrogen (secondary N) is 2. The first-order valence-corrected chi connectivity index (χ1v) is 9.02. The lowest BCUT2D eigenvalue weighted by molar-refractivity contribution is 0.0300. The number of urea groups is 1. The molecule has 3 aromatic rings. The molecule has 0 saturated heterocycles. The minimum Gasteiger partial charge on any atom is -0.497 e. The number of fused-ring (bicyclic) bond motifs is 1. The van der Waals surface area contributed by atoms with Crippen LogP contribution in [0.1, 0.15) is 11.3 Å². The van der Waals surface area contributed by atoms with E-state index in [-0.39, 0.29) is 25.7 Å². The molecule has 0 bridgehead atoms. The van der Waals surface area contributed by atoms with E-state index in [4.69, 9.17) is 13.9 Å². The van der Waals surface area contributed by atoms with Crippen LogP contribution in [0.25, 0.3) is 11.0 Å². The van der Waals surface area contributed by atoms with Crippen molar-refractivity contribution < 1.29 is 23.8 Å². The molecule has 0 radical (unpaired) electrons. The first-order valence-electron chi connectivity index (χ1n) is 9.02. The summed E-state index contributed by atoms with van der Waals surface area (Å²) in [6.07, 6.45) is -0.796. The number of para-hydroxylation sites is 1. The van der Waals surface area contributed by atoms with Crippen molar-refractivity contribution in [2.45, 2.75) is 19.3 Å². The van der Waals surface area contributed by atoms with Crippen molar-refractivity contribution in [2.75, 3.05) is 20.3 Å². The predicted octanol–water partition coefficient (Wildman–Crippen LogP) is 2.82. The van der Waals surface area contributed by atoms with Crippen molar-refractivity contribution >= 4 is 17.0 Å². The number of hydrogen-bond donors (Lipinski definition) is 3. The maximum Gasteiger partial charge on any atom is 0.315 e. The summed E-state index contributed by atoms with van der Waals surface area (Å²) in [7, 11) is 1.61. The number of aliphatic hydroxyl groups excluding tert-OH is 1. The van der Waals surface area contributed by atoms with Crippen molar-refractivity contribution in [1.82, 2.24) is 10.6 Å². The molecule has 2 aromatic carbocycles. The highest BCUT2D eigenvalue weighted by Crippen LogP contribution is 2.18. The van der Waals surface area contributed by atoms with E-state index in [9.17, 15) is 9.90 Å². The first-order chi connectivity index (χ1) is 13.6. The maximum absolute atomic E-state index is 11.9. The van der Waals surface area contributed by atoms with Gasteiger partial charge in [0.25, 0.3) is 0 Å². The van der Waals surface area contributed by atoms with Crippen LogP contribution in [0.5, 0.6) is 5.75 Å². The molecule has 0 spiro atoms. The Morgan fingerprint density at radius 3 is 2.68 bits per heavy atom. The van der Waals surface area contributed by atoms with E-state index in [0.29, 0.717) is 12.4 Å². The summed E-state index contributed by atoms with van der Waals surface area (Å²) in [5.74, 6) is 1.45. The fourth-order valence-corrected chi connectivity index (χ4v) is 2.66. The zero-order valence-electron chi connectivity index (χ0n) is 15.7. The standard InChI is InChI=1S/C21H24N2O5/c1-26-18-8-6-15(7-9-18)13-27-14-17(24)11-22-21(25)23-12-19-10-16-4-2-3-5-20(16)28-19/h2-10,17,24H,11-14H2,1H3,(H2,22,23,25). The molecule has 148 valence electrons. The number of amides is 2. The zero-order valence-corrected chi connectivity index (χ0v) is 15.7. The van der Waals surface area contributed by atoms with Gasteiger partial charge in [0.15, 0.2) is 0 Å². The Balaban J connectivity index is 1.32. The normalized spacial score (nSPS) is 11.9. The topological polar surface area (TPSA) is 93.0 Å². The molecule has 1 aromatic heterocycles. The summed E-state index contributed by atoms with van der Waals surface area (Å²) in [5.41, 5.74) is 1.76. The second kappa shape index (κ2) is 9.77. The lowest BCUT2D eigenvalue weighted by Crippen LogP contribution is -2.40. The molecule has 7 heteroatoms. The molecule has 0 saturated carbocycles. The minimum absolute atomic E-state index is 0.0918. The third kappa shape index (κ3) is 5.73. The quantitative estimate of drug-likeness (QED) is 0.528. The van der Waals surface area contributed by atoms with Crippen molar-refractivity contribution in [1.29, 1.82) is 0 Å². The van der Waals surface area contributed by atoms with Gasteiger partial charge in [-0.2, -0.15) is 0 Å². The van der Waals surface area contributed by atoms with Crippen LogP contribution in [0.15, 0.2) is 59.0 Å². The number of hydrogen-bond acceptors (Lipinski definition) is 5. The van der Waals surface area contributed by atoms with Crippen LogP contribution in [0.3, 0.4) is 0 Å². The second-order valence-electron chi connectivity index (χ2n) is 6.33. The molecule has 1 unspecified atom stereocenters. The molecule has 28 heavy (non-hydrogen) atoms. The van der Waals surface area contributed by atoms with Gasteiger partial charge in [-0.15, -0.1) is 0 Å². The van der Waals surface area contributed by atoms with Crippen LogP contribution in [0, 0.1) is 0 Å². The van der Waals surface area contributed by atoms with E-state index in [0.717, 1.165) is 22.3 Å². The summed E-state index contributed by atoms with van der Waals surface area (Å²) < 4.78 is 16.2. The first kappa shape index (κ1) is 19.7. The van der Waals surface area contributed by atoms with Gasteiger partial charge in [-0.05, 0) is 29.8 Å². The smallest absolute Gasteiger partial charge is 0.315 e. The van der Waals surface area contributed by atoms with Gasteiger partial charge in [0.2, 0.25) is 0 Å². The summed E-state index contributed by atoms with van der Waals surface area (Å²) in [4.78, 5) is 11.9.